The van der Waals surface area contributed by atoms with Gasteiger partial charge in [-0.1, -0.05) is 27.7 Å². The number of carbonyl (C=O) groups is 1. The Bertz CT molecular complexity index is 118. The smallest absolute Gasteiger partial charge is 0.137 e. The molecular formula is C8H17NO. The lowest BCUT2D eigenvalue weighted by Gasteiger charge is -2.32. The molecule has 2 N–H and O–H groups in total. The van der Waals surface area contributed by atoms with Crippen LogP contribution in [0.5, 0.6) is 0 Å². The maximum absolute atomic E-state index is 10.3. The third-order valence-corrected chi connectivity index (χ3v) is 2.49. The zero-order valence-electron chi connectivity index (χ0n) is 7.22. The summed E-state index contributed by atoms with van der Waals surface area (Å²) in [5.74, 6) is 0.438. The molecule has 0 spiro atoms. The Morgan fingerprint density at radius 1 is 1.40 bits per heavy atom. The molecule has 0 aliphatic heterocycles. The number of rotatable bonds is 3. The van der Waals surface area contributed by atoms with Crippen molar-refractivity contribution in [1.82, 2.24) is 0 Å². The molecule has 10 heavy (non-hydrogen) atoms. The first-order chi connectivity index (χ1) is 4.42. The van der Waals surface area contributed by atoms with Gasteiger partial charge in [-0.3, -0.25) is 0 Å². The van der Waals surface area contributed by atoms with E-state index in [0.717, 1.165) is 6.29 Å². The van der Waals surface area contributed by atoms with Crippen molar-refractivity contribution in [2.75, 3.05) is 0 Å². The van der Waals surface area contributed by atoms with Gasteiger partial charge in [0.15, 0.2) is 0 Å². The summed E-state index contributed by atoms with van der Waals surface area (Å²) in [5, 5.41) is 0. The van der Waals surface area contributed by atoms with Crippen LogP contribution < -0.4 is 5.73 Å². The zero-order chi connectivity index (χ0) is 8.36. The first kappa shape index (κ1) is 9.63. The topological polar surface area (TPSA) is 43.1 Å². The second kappa shape index (κ2) is 3.15. The van der Waals surface area contributed by atoms with Crippen LogP contribution in [0.15, 0.2) is 0 Å². The summed E-state index contributed by atoms with van der Waals surface area (Å²) in [6.45, 7) is 8.17. The summed E-state index contributed by atoms with van der Waals surface area (Å²) in [6, 6.07) is -0.340. The lowest BCUT2D eigenvalue weighted by atomic mass is 9.76. The van der Waals surface area contributed by atoms with Gasteiger partial charge in [0, 0.05) is 0 Å². The van der Waals surface area contributed by atoms with Gasteiger partial charge in [-0.05, 0) is 11.3 Å². The van der Waals surface area contributed by atoms with E-state index in [1.54, 1.807) is 0 Å². The summed E-state index contributed by atoms with van der Waals surface area (Å²) in [5.41, 5.74) is 5.50. The zero-order valence-corrected chi connectivity index (χ0v) is 7.22. The van der Waals surface area contributed by atoms with E-state index in [-0.39, 0.29) is 11.5 Å². The molecule has 2 nitrogen and oxygen atoms in total. The summed E-state index contributed by atoms with van der Waals surface area (Å²) in [6.07, 6.45) is 0.819. The summed E-state index contributed by atoms with van der Waals surface area (Å²) < 4.78 is 0. The minimum atomic E-state index is -0.340. The fraction of sp³-hybridized carbons (Fsp3) is 0.875. The SMILES string of the molecule is CC(C)C(C)(C)C(N)C=O. The third kappa shape index (κ3) is 1.81. The molecular weight excluding hydrogens is 126 g/mol. The molecule has 0 saturated heterocycles. The maximum atomic E-state index is 10.3. The van der Waals surface area contributed by atoms with Crippen LogP contribution in [0.3, 0.4) is 0 Å². The van der Waals surface area contributed by atoms with Crippen LogP contribution in [0.25, 0.3) is 0 Å². The van der Waals surface area contributed by atoms with Crippen molar-refractivity contribution in [2.24, 2.45) is 17.1 Å². The first-order valence-electron chi connectivity index (χ1n) is 3.63. The molecule has 0 aromatic rings. The van der Waals surface area contributed by atoms with Crippen molar-refractivity contribution in [3.05, 3.63) is 0 Å². The highest BCUT2D eigenvalue weighted by molar-refractivity contribution is 5.58. The van der Waals surface area contributed by atoms with Crippen molar-refractivity contribution in [1.29, 1.82) is 0 Å². The minimum absolute atomic E-state index is 0.0816. The van der Waals surface area contributed by atoms with Gasteiger partial charge in [0.25, 0.3) is 0 Å². The fourth-order valence-electron chi connectivity index (χ4n) is 0.560. The standard InChI is InChI=1S/C8H17NO/c1-6(2)8(3,4)7(9)5-10/h5-7H,9H2,1-4H3. The lowest BCUT2D eigenvalue weighted by Crippen LogP contribution is -2.42. The third-order valence-electron chi connectivity index (χ3n) is 2.49. The van der Waals surface area contributed by atoms with Crippen LogP contribution in [0, 0.1) is 11.3 Å². The van der Waals surface area contributed by atoms with Crippen molar-refractivity contribution < 1.29 is 4.79 Å². The number of aldehydes is 1. The van der Waals surface area contributed by atoms with E-state index in [4.69, 9.17) is 5.73 Å². The normalized spacial score (nSPS) is 15.4. The molecule has 0 fully saturated rings. The van der Waals surface area contributed by atoms with E-state index >= 15 is 0 Å². The van der Waals surface area contributed by atoms with Crippen molar-refractivity contribution in [3.63, 3.8) is 0 Å². The van der Waals surface area contributed by atoms with E-state index in [1.807, 2.05) is 13.8 Å². The lowest BCUT2D eigenvalue weighted by molar-refractivity contribution is -0.111. The van der Waals surface area contributed by atoms with Crippen LogP contribution in [-0.2, 0) is 4.79 Å². The van der Waals surface area contributed by atoms with Crippen LogP contribution in [0.2, 0.25) is 0 Å². The Morgan fingerprint density at radius 2 is 1.80 bits per heavy atom. The van der Waals surface area contributed by atoms with E-state index in [2.05, 4.69) is 13.8 Å². The molecule has 1 atom stereocenters. The molecule has 0 rings (SSSR count). The van der Waals surface area contributed by atoms with Crippen molar-refractivity contribution >= 4 is 6.29 Å². The van der Waals surface area contributed by atoms with Gasteiger partial charge in [0.05, 0.1) is 6.04 Å². The van der Waals surface area contributed by atoms with Gasteiger partial charge in [-0.25, -0.2) is 0 Å². The second-order valence-corrected chi connectivity index (χ2v) is 3.64. The monoisotopic (exact) mass is 143 g/mol. The average molecular weight is 143 g/mol. The van der Waals surface area contributed by atoms with Gasteiger partial charge < -0.3 is 10.5 Å². The Hall–Kier alpha value is -0.370. The molecule has 0 aromatic heterocycles. The molecule has 0 bridgehead atoms. The number of nitrogens with two attached hydrogens (primary N) is 1. The maximum Gasteiger partial charge on any atom is 0.137 e. The highest BCUT2D eigenvalue weighted by Gasteiger charge is 2.29. The predicted molar refractivity (Wildman–Crippen MR) is 42.7 cm³/mol. The molecule has 0 aromatic carbocycles. The molecule has 0 aliphatic carbocycles. The van der Waals surface area contributed by atoms with Crippen molar-refractivity contribution in [3.8, 4) is 0 Å². The molecule has 0 heterocycles. The molecule has 2 heteroatoms. The van der Waals surface area contributed by atoms with E-state index in [1.165, 1.54) is 0 Å². The summed E-state index contributed by atoms with van der Waals surface area (Å²) >= 11 is 0. The Morgan fingerprint density at radius 3 is 1.90 bits per heavy atom. The van der Waals surface area contributed by atoms with Crippen LogP contribution in [-0.4, -0.2) is 12.3 Å². The molecule has 0 aliphatic rings. The highest BCUT2D eigenvalue weighted by Crippen LogP contribution is 2.27. The van der Waals surface area contributed by atoms with E-state index in [0.29, 0.717) is 5.92 Å². The molecule has 1 unspecified atom stereocenters. The quantitative estimate of drug-likeness (QED) is 0.603. The average Bonchev–Trinajstić information content (AvgIpc) is 1.86. The first-order valence-corrected chi connectivity index (χ1v) is 3.63. The van der Waals surface area contributed by atoms with Gasteiger partial charge >= 0.3 is 0 Å². The molecule has 60 valence electrons. The van der Waals surface area contributed by atoms with Crippen LogP contribution in [0.4, 0.5) is 0 Å². The van der Waals surface area contributed by atoms with E-state index in [9.17, 15) is 4.79 Å². The van der Waals surface area contributed by atoms with Gasteiger partial charge in [0.2, 0.25) is 0 Å². The van der Waals surface area contributed by atoms with Gasteiger partial charge in [-0.2, -0.15) is 0 Å². The fourth-order valence-corrected chi connectivity index (χ4v) is 0.560. The predicted octanol–water partition coefficient (Wildman–Crippen LogP) is 1.19. The van der Waals surface area contributed by atoms with Crippen LogP contribution >= 0.6 is 0 Å². The van der Waals surface area contributed by atoms with Gasteiger partial charge in [0.1, 0.15) is 6.29 Å². The van der Waals surface area contributed by atoms with Crippen molar-refractivity contribution in [2.45, 2.75) is 33.7 Å². The summed E-state index contributed by atoms with van der Waals surface area (Å²) in [4.78, 5) is 10.3. The Balaban J connectivity index is 4.22. The Kier molecular flexibility index (Phi) is 3.03. The molecule has 0 saturated carbocycles. The number of hydrogen-bond donors (Lipinski definition) is 1. The van der Waals surface area contributed by atoms with Gasteiger partial charge in [-0.15, -0.1) is 0 Å². The number of carbonyl (C=O) groups excluding carboxylic acids is 1. The molecule has 0 radical (unpaired) electrons. The second-order valence-electron chi connectivity index (χ2n) is 3.64. The summed E-state index contributed by atoms with van der Waals surface area (Å²) in [7, 11) is 0. The highest BCUT2D eigenvalue weighted by atomic mass is 16.1. The van der Waals surface area contributed by atoms with Crippen LogP contribution in [0.1, 0.15) is 27.7 Å². The number of hydrogen-bond acceptors (Lipinski definition) is 2. The van der Waals surface area contributed by atoms with E-state index < -0.39 is 0 Å². The largest absolute Gasteiger partial charge is 0.321 e. The Labute approximate surface area is 62.8 Å². The molecule has 0 amide bonds. The minimum Gasteiger partial charge on any atom is -0.321 e.